The number of pyridine rings is 1. The number of aryl methyl sites for hydroxylation is 1. The van der Waals surface area contributed by atoms with Gasteiger partial charge in [0.15, 0.2) is 0 Å². The van der Waals surface area contributed by atoms with Crippen LogP contribution in [0.3, 0.4) is 0 Å². The number of nitrogens with zero attached hydrogens (tertiary/aromatic N) is 2. The number of hydrogen-bond donors (Lipinski definition) is 1. The first-order valence-corrected chi connectivity index (χ1v) is 6.09. The second kappa shape index (κ2) is 5.77. The van der Waals surface area contributed by atoms with Gasteiger partial charge in [-0.25, -0.2) is 4.98 Å². The van der Waals surface area contributed by atoms with E-state index in [9.17, 15) is 10.1 Å². The molecular formula is C12H17N3O3. The lowest BCUT2D eigenvalue weighted by Crippen LogP contribution is -2.12. The van der Waals surface area contributed by atoms with Gasteiger partial charge in [0.2, 0.25) is 5.82 Å². The number of hydrogen-bond acceptors (Lipinski definition) is 5. The molecule has 1 aliphatic rings. The molecule has 2 rings (SSSR count). The molecule has 6 nitrogen and oxygen atoms in total. The monoisotopic (exact) mass is 251 g/mol. The Morgan fingerprint density at radius 2 is 2.39 bits per heavy atom. The molecule has 1 aliphatic carbocycles. The second-order valence-corrected chi connectivity index (χ2v) is 4.58. The lowest BCUT2D eigenvalue weighted by molar-refractivity contribution is -0.384. The third kappa shape index (κ3) is 3.66. The number of aromatic nitrogens is 1. The number of anilines is 1. The quantitative estimate of drug-likeness (QED) is 0.456. The summed E-state index contributed by atoms with van der Waals surface area (Å²) in [7, 11) is 0. The summed E-state index contributed by atoms with van der Waals surface area (Å²) in [5.74, 6) is 1.04. The van der Waals surface area contributed by atoms with Gasteiger partial charge in [0.25, 0.3) is 0 Å². The summed E-state index contributed by atoms with van der Waals surface area (Å²) < 4.78 is 5.44. The highest BCUT2D eigenvalue weighted by molar-refractivity contribution is 5.56. The molecule has 98 valence electrons. The summed E-state index contributed by atoms with van der Waals surface area (Å²) in [5, 5.41) is 13.8. The lowest BCUT2D eigenvalue weighted by atomic mass is 10.3. The zero-order valence-electron chi connectivity index (χ0n) is 10.4. The maximum Gasteiger partial charge on any atom is 0.311 e. The summed E-state index contributed by atoms with van der Waals surface area (Å²) in [6, 6.07) is 1.51. The zero-order valence-corrected chi connectivity index (χ0v) is 10.4. The van der Waals surface area contributed by atoms with Crippen molar-refractivity contribution in [1.82, 2.24) is 4.98 Å². The van der Waals surface area contributed by atoms with Crippen molar-refractivity contribution >= 4 is 11.5 Å². The van der Waals surface area contributed by atoms with Crippen molar-refractivity contribution in [1.29, 1.82) is 0 Å². The number of nitrogens with one attached hydrogen (secondary N) is 1. The number of rotatable bonds is 7. The highest BCUT2D eigenvalue weighted by Gasteiger charge is 2.21. The summed E-state index contributed by atoms with van der Waals surface area (Å²) in [6.45, 7) is 3.65. The Morgan fingerprint density at radius 1 is 1.61 bits per heavy atom. The molecule has 0 saturated heterocycles. The van der Waals surface area contributed by atoms with Gasteiger partial charge in [-0.05, 0) is 31.2 Å². The Hall–Kier alpha value is -1.69. The van der Waals surface area contributed by atoms with Crippen LogP contribution in [0.4, 0.5) is 11.5 Å². The van der Waals surface area contributed by atoms with Crippen LogP contribution in [0.15, 0.2) is 12.3 Å². The topological polar surface area (TPSA) is 77.3 Å². The van der Waals surface area contributed by atoms with Crippen molar-refractivity contribution in [3.05, 3.63) is 27.9 Å². The minimum Gasteiger partial charge on any atom is -0.379 e. The maximum atomic E-state index is 10.9. The average molecular weight is 251 g/mol. The minimum absolute atomic E-state index is 0.0113. The van der Waals surface area contributed by atoms with Crippen molar-refractivity contribution in [2.75, 3.05) is 25.1 Å². The second-order valence-electron chi connectivity index (χ2n) is 4.58. The van der Waals surface area contributed by atoms with Crippen LogP contribution in [0.5, 0.6) is 0 Å². The Bertz CT molecular complexity index is 433. The van der Waals surface area contributed by atoms with E-state index in [-0.39, 0.29) is 5.69 Å². The molecule has 1 saturated carbocycles. The molecule has 0 spiro atoms. The van der Waals surface area contributed by atoms with Crippen molar-refractivity contribution in [3.63, 3.8) is 0 Å². The fourth-order valence-electron chi connectivity index (χ4n) is 1.61. The molecule has 0 aromatic carbocycles. The van der Waals surface area contributed by atoms with Gasteiger partial charge in [-0.3, -0.25) is 10.1 Å². The predicted molar refractivity (Wildman–Crippen MR) is 67.7 cm³/mol. The van der Waals surface area contributed by atoms with Gasteiger partial charge >= 0.3 is 5.69 Å². The van der Waals surface area contributed by atoms with Gasteiger partial charge in [-0.2, -0.15) is 0 Å². The molecular weight excluding hydrogens is 234 g/mol. The van der Waals surface area contributed by atoms with Gasteiger partial charge in [0.1, 0.15) is 0 Å². The fourth-order valence-corrected chi connectivity index (χ4v) is 1.61. The summed E-state index contributed by atoms with van der Waals surface area (Å²) in [6.07, 6.45) is 4.14. The van der Waals surface area contributed by atoms with Crippen LogP contribution in [0.2, 0.25) is 0 Å². The maximum absolute atomic E-state index is 10.9. The third-order valence-corrected chi connectivity index (χ3v) is 2.79. The molecule has 1 fully saturated rings. The van der Waals surface area contributed by atoms with E-state index in [1.807, 2.05) is 0 Å². The first kappa shape index (κ1) is 12.8. The van der Waals surface area contributed by atoms with Gasteiger partial charge in [0, 0.05) is 25.4 Å². The van der Waals surface area contributed by atoms with Crippen LogP contribution in [-0.2, 0) is 4.74 Å². The lowest BCUT2D eigenvalue weighted by Gasteiger charge is -2.07. The van der Waals surface area contributed by atoms with Crippen LogP contribution >= 0.6 is 0 Å². The van der Waals surface area contributed by atoms with E-state index in [0.717, 1.165) is 18.1 Å². The van der Waals surface area contributed by atoms with E-state index < -0.39 is 4.92 Å². The van der Waals surface area contributed by atoms with Gasteiger partial charge in [-0.15, -0.1) is 0 Å². The Kier molecular flexibility index (Phi) is 4.09. The molecule has 1 aromatic heterocycles. The van der Waals surface area contributed by atoms with Crippen molar-refractivity contribution in [3.8, 4) is 0 Å². The fraction of sp³-hybridized carbons (Fsp3) is 0.583. The Morgan fingerprint density at radius 3 is 3.06 bits per heavy atom. The summed E-state index contributed by atoms with van der Waals surface area (Å²) in [4.78, 5) is 14.5. The van der Waals surface area contributed by atoms with Crippen LogP contribution in [-0.4, -0.2) is 29.7 Å². The molecule has 0 amide bonds. The molecule has 18 heavy (non-hydrogen) atoms. The molecule has 1 heterocycles. The number of nitro groups is 1. The van der Waals surface area contributed by atoms with E-state index in [1.165, 1.54) is 18.9 Å². The van der Waals surface area contributed by atoms with Crippen molar-refractivity contribution < 1.29 is 9.66 Å². The predicted octanol–water partition coefficient (Wildman–Crippen LogP) is 2.14. The molecule has 0 bridgehead atoms. The molecule has 0 radical (unpaired) electrons. The van der Waals surface area contributed by atoms with Crippen LogP contribution in [0, 0.1) is 23.0 Å². The van der Waals surface area contributed by atoms with E-state index in [4.69, 9.17) is 4.74 Å². The van der Waals surface area contributed by atoms with Crippen LogP contribution in [0.1, 0.15) is 18.4 Å². The molecule has 0 aliphatic heterocycles. The van der Waals surface area contributed by atoms with Crippen molar-refractivity contribution in [2.45, 2.75) is 19.8 Å². The number of ether oxygens (including phenoxy) is 1. The average Bonchev–Trinajstić information content (AvgIpc) is 3.14. The highest BCUT2D eigenvalue weighted by Crippen LogP contribution is 2.28. The first-order valence-electron chi connectivity index (χ1n) is 6.09. The highest BCUT2D eigenvalue weighted by atomic mass is 16.6. The Balaban J connectivity index is 1.81. The minimum atomic E-state index is -0.423. The van der Waals surface area contributed by atoms with Crippen LogP contribution in [0.25, 0.3) is 0 Å². The van der Waals surface area contributed by atoms with E-state index in [0.29, 0.717) is 19.0 Å². The summed E-state index contributed by atoms with van der Waals surface area (Å²) in [5.41, 5.74) is 0.787. The zero-order chi connectivity index (χ0) is 13.0. The van der Waals surface area contributed by atoms with E-state index >= 15 is 0 Å². The van der Waals surface area contributed by atoms with Gasteiger partial charge < -0.3 is 10.1 Å². The molecule has 6 heteroatoms. The largest absolute Gasteiger partial charge is 0.379 e. The molecule has 1 aromatic rings. The molecule has 0 unspecified atom stereocenters. The van der Waals surface area contributed by atoms with Crippen molar-refractivity contribution in [2.24, 2.45) is 5.92 Å². The van der Waals surface area contributed by atoms with Crippen LogP contribution < -0.4 is 5.32 Å². The Labute approximate surface area is 106 Å². The molecule has 1 N–H and O–H groups in total. The van der Waals surface area contributed by atoms with Gasteiger partial charge in [0.05, 0.1) is 11.5 Å². The standard InChI is InChI=1S/C12H17N3O3/c1-9-6-11(15(16)17)12(14-7-9)13-4-5-18-8-10-2-3-10/h6-7,10H,2-5,8H2,1H3,(H,13,14). The van der Waals surface area contributed by atoms with E-state index in [2.05, 4.69) is 10.3 Å². The third-order valence-electron chi connectivity index (χ3n) is 2.79. The normalized spacial score (nSPS) is 14.5. The van der Waals surface area contributed by atoms with Gasteiger partial charge in [-0.1, -0.05) is 0 Å². The van der Waals surface area contributed by atoms with E-state index in [1.54, 1.807) is 13.1 Å². The SMILES string of the molecule is Cc1cnc(NCCOCC2CC2)c([N+](=O)[O-])c1. The molecule has 0 atom stereocenters. The smallest absolute Gasteiger partial charge is 0.311 e. The first-order chi connectivity index (χ1) is 8.66. The summed E-state index contributed by atoms with van der Waals surface area (Å²) >= 11 is 0.